The van der Waals surface area contributed by atoms with Crippen LogP contribution in [0.3, 0.4) is 0 Å². The molecule has 0 aliphatic carbocycles. The van der Waals surface area contributed by atoms with Gasteiger partial charge in [0, 0.05) is 19.4 Å². The molecule has 0 aromatic rings. The summed E-state index contributed by atoms with van der Waals surface area (Å²) in [7, 11) is 0. The summed E-state index contributed by atoms with van der Waals surface area (Å²) in [6.45, 7) is 3.34. The fourth-order valence-electron chi connectivity index (χ4n) is 2.07. The Morgan fingerprint density at radius 3 is 2.94 bits per heavy atom. The van der Waals surface area contributed by atoms with Crippen LogP contribution < -0.4 is 0 Å². The lowest BCUT2D eigenvalue weighted by Gasteiger charge is -2.18. The van der Waals surface area contributed by atoms with Crippen molar-refractivity contribution in [3.63, 3.8) is 0 Å². The summed E-state index contributed by atoms with van der Waals surface area (Å²) < 4.78 is 10.2. The molecule has 0 aromatic heterocycles. The molecule has 1 rings (SSSR count). The maximum absolute atomic E-state index is 11.0. The number of cyclic esters (lactones) is 1. The van der Waals surface area contributed by atoms with Crippen molar-refractivity contribution in [3.05, 3.63) is 12.2 Å². The predicted octanol–water partition coefficient (Wildman–Crippen LogP) is 2.76. The first-order valence-electron chi connectivity index (χ1n) is 6.62. The first-order valence-corrected chi connectivity index (χ1v) is 6.62. The minimum Gasteiger partial charge on any atom is -0.463 e. The van der Waals surface area contributed by atoms with Gasteiger partial charge in [-0.2, -0.15) is 0 Å². The lowest BCUT2D eigenvalue weighted by Crippen LogP contribution is -2.19. The van der Waals surface area contributed by atoms with Gasteiger partial charge in [-0.15, -0.1) is 0 Å². The molecule has 1 aliphatic rings. The largest absolute Gasteiger partial charge is 0.463 e. The summed E-state index contributed by atoms with van der Waals surface area (Å²) in [6.07, 6.45) is 9.19. The Bertz CT molecular complexity index is 309. The third kappa shape index (κ3) is 6.42. The number of carbonyl (C=O) groups is 2. The quantitative estimate of drug-likeness (QED) is 0.518. The van der Waals surface area contributed by atoms with E-state index in [1.165, 1.54) is 13.0 Å². The first-order chi connectivity index (χ1) is 8.58. The Hall–Kier alpha value is -1.32. The van der Waals surface area contributed by atoms with Gasteiger partial charge in [0.1, 0.15) is 6.10 Å². The molecule has 1 heterocycles. The summed E-state index contributed by atoms with van der Waals surface area (Å²) in [4.78, 5) is 21.7. The van der Waals surface area contributed by atoms with E-state index in [-0.39, 0.29) is 24.1 Å². The summed E-state index contributed by atoms with van der Waals surface area (Å²) >= 11 is 0. The summed E-state index contributed by atoms with van der Waals surface area (Å²) in [5.41, 5.74) is 0. The minimum atomic E-state index is -0.227. The maximum atomic E-state index is 11.0. The third-order valence-electron chi connectivity index (χ3n) is 2.94. The van der Waals surface area contributed by atoms with Gasteiger partial charge in [-0.05, 0) is 32.6 Å². The van der Waals surface area contributed by atoms with Crippen molar-refractivity contribution in [1.82, 2.24) is 0 Å². The van der Waals surface area contributed by atoms with Gasteiger partial charge in [0.05, 0.1) is 6.10 Å². The highest BCUT2D eigenvalue weighted by atomic mass is 16.5. The highest BCUT2D eigenvalue weighted by Gasteiger charge is 2.15. The van der Waals surface area contributed by atoms with Crippen molar-refractivity contribution < 1.29 is 19.1 Å². The highest BCUT2D eigenvalue weighted by molar-refractivity contribution is 5.82. The minimum absolute atomic E-state index is 0.00191. The zero-order valence-corrected chi connectivity index (χ0v) is 11.2. The Balaban J connectivity index is 2.00. The van der Waals surface area contributed by atoms with Crippen molar-refractivity contribution in [2.24, 2.45) is 0 Å². The van der Waals surface area contributed by atoms with Crippen LogP contribution in [0.15, 0.2) is 12.2 Å². The van der Waals surface area contributed by atoms with Gasteiger partial charge in [0.2, 0.25) is 0 Å². The van der Waals surface area contributed by atoms with E-state index >= 15 is 0 Å². The molecule has 0 fully saturated rings. The highest BCUT2D eigenvalue weighted by Crippen LogP contribution is 2.16. The molecule has 0 spiro atoms. The Morgan fingerprint density at radius 1 is 1.50 bits per heavy atom. The lowest BCUT2D eigenvalue weighted by atomic mass is 10.0. The number of hydrogen-bond acceptors (Lipinski definition) is 4. The molecule has 0 amide bonds. The SMILES string of the molecule is CC(=O)O[C@H](C)CCCCC[C@@H]1CC=CC(=O)O1. The van der Waals surface area contributed by atoms with Gasteiger partial charge in [-0.25, -0.2) is 4.79 Å². The van der Waals surface area contributed by atoms with Crippen molar-refractivity contribution in [2.45, 2.75) is 64.6 Å². The molecule has 0 bridgehead atoms. The number of esters is 2. The maximum Gasteiger partial charge on any atom is 0.330 e. The molecule has 0 radical (unpaired) electrons. The molecule has 2 atom stereocenters. The van der Waals surface area contributed by atoms with Crippen molar-refractivity contribution in [2.75, 3.05) is 0 Å². The van der Waals surface area contributed by atoms with E-state index in [1.807, 2.05) is 13.0 Å². The van der Waals surface area contributed by atoms with E-state index in [9.17, 15) is 9.59 Å². The number of ether oxygens (including phenoxy) is 2. The first kappa shape index (κ1) is 14.7. The standard InChI is InChI=1S/C14H22O4/c1-11(17-12(2)15)7-4-3-5-8-13-9-6-10-14(16)18-13/h6,10-11,13H,3-5,7-9H2,1-2H3/t11-,13-/m1/s1. The van der Waals surface area contributed by atoms with Gasteiger partial charge in [0.25, 0.3) is 0 Å². The van der Waals surface area contributed by atoms with Crippen LogP contribution in [0, 0.1) is 0 Å². The molecular formula is C14H22O4. The molecule has 0 unspecified atom stereocenters. The average Bonchev–Trinajstić information content (AvgIpc) is 2.27. The van der Waals surface area contributed by atoms with E-state index in [0.717, 1.165) is 38.5 Å². The second kappa shape index (κ2) is 7.90. The van der Waals surface area contributed by atoms with Crippen LogP contribution in [0.25, 0.3) is 0 Å². The zero-order valence-electron chi connectivity index (χ0n) is 11.2. The van der Waals surface area contributed by atoms with Gasteiger partial charge >= 0.3 is 11.9 Å². The van der Waals surface area contributed by atoms with Gasteiger partial charge in [-0.3, -0.25) is 4.79 Å². The van der Waals surface area contributed by atoms with Crippen molar-refractivity contribution in [1.29, 1.82) is 0 Å². The molecule has 4 nitrogen and oxygen atoms in total. The van der Waals surface area contributed by atoms with Crippen LogP contribution >= 0.6 is 0 Å². The Kier molecular flexibility index (Phi) is 6.47. The van der Waals surface area contributed by atoms with E-state index in [4.69, 9.17) is 9.47 Å². The van der Waals surface area contributed by atoms with E-state index < -0.39 is 0 Å². The zero-order chi connectivity index (χ0) is 13.4. The Labute approximate surface area is 108 Å². The number of carbonyl (C=O) groups excluding carboxylic acids is 2. The summed E-state index contributed by atoms with van der Waals surface area (Å²) in [5, 5.41) is 0. The fourth-order valence-corrected chi connectivity index (χ4v) is 2.07. The molecule has 0 saturated heterocycles. The second-order valence-electron chi connectivity index (χ2n) is 4.76. The lowest BCUT2D eigenvalue weighted by molar-refractivity contribution is -0.146. The smallest absolute Gasteiger partial charge is 0.330 e. The molecule has 18 heavy (non-hydrogen) atoms. The van der Waals surface area contributed by atoms with Crippen LogP contribution in [-0.2, 0) is 19.1 Å². The average molecular weight is 254 g/mol. The van der Waals surface area contributed by atoms with Crippen LogP contribution in [0.5, 0.6) is 0 Å². The summed E-state index contributed by atoms with van der Waals surface area (Å²) in [6, 6.07) is 0. The van der Waals surface area contributed by atoms with E-state index in [2.05, 4.69) is 0 Å². The van der Waals surface area contributed by atoms with Crippen molar-refractivity contribution >= 4 is 11.9 Å². The van der Waals surface area contributed by atoms with Crippen molar-refractivity contribution in [3.8, 4) is 0 Å². The summed E-state index contributed by atoms with van der Waals surface area (Å²) in [5.74, 6) is -0.446. The van der Waals surface area contributed by atoms with Crippen LogP contribution in [0.4, 0.5) is 0 Å². The van der Waals surface area contributed by atoms with Crippen LogP contribution in [0.1, 0.15) is 52.4 Å². The van der Waals surface area contributed by atoms with Gasteiger partial charge in [-0.1, -0.05) is 12.5 Å². The fraction of sp³-hybridized carbons (Fsp3) is 0.714. The predicted molar refractivity (Wildman–Crippen MR) is 68.0 cm³/mol. The van der Waals surface area contributed by atoms with E-state index in [1.54, 1.807) is 0 Å². The monoisotopic (exact) mass is 254 g/mol. The molecule has 0 saturated carbocycles. The van der Waals surface area contributed by atoms with E-state index in [0.29, 0.717) is 0 Å². The normalized spacial score (nSPS) is 20.3. The molecule has 0 N–H and O–H groups in total. The topological polar surface area (TPSA) is 52.6 Å². The number of rotatable bonds is 7. The third-order valence-corrected chi connectivity index (χ3v) is 2.94. The second-order valence-corrected chi connectivity index (χ2v) is 4.76. The molecule has 1 aliphatic heterocycles. The van der Waals surface area contributed by atoms with Gasteiger partial charge < -0.3 is 9.47 Å². The van der Waals surface area contributed by atoms with Gasteiger partial charge in [0.15, 0.2) is 0 Å². The molecule has 4 heteroatoms. The molecule has 102 valence electrons. The molecule has 0 aromatic carbocycles. The number of unbranched alkanes of at least 4 members (excludes halogenated alkanes) is 2. The number of hydrogen-bond donors (Lipinski definition) is 0. The van der Waals surface area contributed by atoms with Crippen LogP contribution in [0.2, 0.25) is 0 Å². The Morgan fingerprint density at radius 2 is 2.28 bits per heavy atom. The molecular weight excluding hydrogens is 232 g/mol. The van der Waals surface area contributed by atoms with Crippen LogP contribution in [-0.4, -0.2) is 24.1 Å².